The van der Waals surface area contributed by atoms with Gasteiger partial charge in [0.25, 0.3) is 5.91 Å². The molecule has 4 nitrogen and oxygen atoms in total. The van der Waals surface area contributed by atoms with Crippen molar-refractivity contribution in [2.24, 2.45) is 0 Å². The number of benzene rings is 2. The monoisotopic (exact) mass is 402 g/mol. The molecular formula is C18H15BrN2O2S. The summed E-state index contributed by atoms with van der Waals surface area (Å²) in [6.07, 6.45) is 0. The Morgan fingerprint density at radius 1 is 1.17 bits per heavy atom. The molecule has 3 aromatic rings. The molecule has 6 heteroatoms. The maximum Gasteiger partial charge on any atom is 0.271 e. The summed E-state index contributed by atoms with van der Waals surface area (Å²) in [7, 11) is 0. The molecule has 1 amide bonds. The predicted molar refractivity (Wildman–Crippen MR) is 100 cm³/mol. The lowest BCUT2D eigenvalue weighted by Crippen LogP contribution is -2.30. The molecule has 122 valence electrons. The van der Waals surface area contributed by atoms with Crippen molar-refractivity contribution in [1.29, 1.82) is 0 Å². The van der Waals surface area contributed by atoms with Crippen LogP contribution in [0.25, 0.3) is 0 Å². The van der Waals surface area contributed by atoms with E-state index in [1.54, 1.807) is 4.90 Å². The zero-order valence-corrected chi connectivity index (χ0v) is 15.4. The Kier molecular flexibility index (Phi) is 5.27. The summed E-state index contributed by atoms with van der Waals surface area (Å²) in [5.41, 5.74) is 1.66. The minimum atomic E-state index is -0.168. The first-order chi connectivity index (χ1) is 11.6. The molecule has 0 N–H and O–H groups in total. The van der Waals surface area contributed by atoms with Crippen LogP contribution in [0, 0.1) is 6.92 Å². The quantitative estimate of drug-likeness (QED) is 0.605. The van der Waals surface area contributed by atoms with Crippen LogP contribution >= 0.6 is 27.3 Å². The number of halogens is 1. The summed E-state index contributed by atoms with van der Waals surface area (Å²) in [5, 5.41) is 2.57. The molecule has 0 unspecified atom stereocenters. The number of aryl methyl sites for hydroxylation is 1. The topological polar surface area (TPSA) is 42.4 Å². The minimum absolute atomic E-state index is 0.0604. The molecular weight excluding hydrogens is 388 g/mol. The van der Waals surface area contributed by atoms with Gasteiger partial charge in [-0.1, -0.05) is 34.1 Å². The fraction of sp³-hybridized carbons (Fsp3) is 0.111. The number of aromatic nitrogens is 1. The van der Waals surface area contributed by atoms with Gasteiger partial charge in [0, 0.05) is 9.85 Å². The van der Waals surface area contributed by atoms with Crippen molar-refractivity contribution in [2.75, 3.05) is 11.5 Å². The predicted octanol–water partition coefficient (Wildman–Crippen LogP) is 4.96. The molecule has 0 saturated heterocycles. The van der Waals surface area contributed by atoms with Crippen molar-refractivity contribution >= 4 is 44.0 Å². The molecule has 0 aliphatic carbocycles. The Hall–Kier alpha value is -2.18. The fourth-order valence-electron chi connectivity index (χ4n) is 2.12. The number of anilines is 2. The van der Waals surface area contributed by atoms with Gasteiger partial charge in [0.15, 0.2) is 11.7 Å². The summed E-state index contributed by atoms with van der Waals surface area (Å²) in [6, 6.07) is 16.9. The second-order valence-corrected chi connectivity index (χ2v) is 6.83. The zero-order chi connectivity index (χ0) is 16.9. The Labute approximate surface area is 152 Å². The zero-order valence-electron chi connectivity index (χ0n) is 13.0. The van der Waals surface area contributed by atoms with Crippen LogP contribution in [0.1, 0.15) is 5.69 Å². The first-order valence-electron chi connectivity index (χ1n) is 7.32. The molecule has 1 heterocycles. The van der Waals surface area contributed by atoms with Crippen molar-refractivity contribution in [3.8, 4) is 5.75 Å². The van der Waals surface area contributed by atoms with E-state index in [9.17, 15) is 4.79 Å². The van der Waals surface area contributed by atoms with Gasteiger partial charge >= 0.3 is 0 Å². The molecule has 0 saturated carbocycles. The first kappa shape index (κ1) is 16.7. The Morgan fingerprint density at radius 2 is 1.88 bits per heavy atom. The van der Waals surface area contributed by atoms with E-state index in [0.29, 0.717) is 10.9 Å². The number of nitrogens with zero attached hydrogens (tertiary/aromatic N) is 2. The number of ether oxygens (including phenoxy) is 1. The highest BCUT2D eigenvalue weighted by Gasteiger charge is 2.21. The standard InChI is InChI=1S/C18H15BrN2O2S/c1-13-12-24-18(20-13)21(15-5-3-2-4-6-15)17(22)11-23-16-9-7-14(19)8-10-16/h2-10,12H,11H2,1H3. The van der Waals surface area contributed by atoms with E-state index in [-0.39, 0.29) is 12.5 Å². The Bertz CT molecular complexity index is 819. The third kappa shape index (κ3) is 4.01. The minimum Gasteiger partial charge on any atom is -0.484 e. The van der Waals surface area contributed by atoms with E-state index >= 15 is 0 Å². The summed E-state index contributed by atoms with van der Waals surface area (Å²) in [4.78, 5) is 18.8. The molecule has 0 bridgehead atoms. The van der Waals surface area contributed by atoms with Crippen LogP contribution in [-0.2, 0) is 4.79 Å². The smallest absolute Gasteiger partial charge is 0.271 e. The molecule has 0 aliphatic heterocycles. The Morgan fingerprint density at radius 3 is 2.50 bits per heavy atom. The number of carbonyl (C=O) groups is 1. The van der Waals surface area contributed by atoms with Gasteiger partial charge in [-0.25, -0.2) is 4.98 Å². The molecule has 0 atom stereocenters. The molecule has 3 rings (SSSR count). The fourth-order valence-corrected chi connectivity index (χ4v) is 3.23. The van der Waals surface area contributed by atoms with Gasteiger partial charge in [0.05, 0.1) is 11.4 Å². The SMILES string of the molecule is Cc1csc(N(C(=O)COc2ccc(Br)cc2)c2ccccc2)n1. The van der Waals surface area contributed by atoms with Crippen molar-refractivity contribution in [1.82, 2.24) is 4.98 Å². The molecule has 24 heavy (non-hydrogen) atoms. The maximum absolute atomic E-state index is 12.8. The highest BCUT2D eigenvalue weighted by Crippen LogP contribution is 2.28. The largest absolute Gasteiger partial charge is 0.484 e. The molecule has 1 aromatic heterocycles. The molecule has 0 radical (unpaired) electrons. The second-order valence-electron chi connectivity index (χ2n) is 5.08. The number of hydrogen-bond acceptors (Lipinski definition) is 4. The summed E-state index contributed by atoms with van der Waals surface area (Å²) in [6.45, 7) is 1.85. The van der Waals surface area contributed by atoms with E-state index in [4.69, 9.17) is 4.74 Å². The van der Waals surface area contributed by atoms with Gasteiger partial charge in [0.1, 0.15) is 5.75 Å². The molecule has 0 fully saturated rings. The number of para-hydroxylation sites is 1. The molecule has 0 aliphatic rings. The number of hydrogen-bond donors (Lipinski definition) is 0. The van der Waals surface area contributed by atoms with Crippen LogP contribution in [-0.4, -0.2) is 17.5 Å². The van der Waals surface area contributed by atoms with Crippen molar-refractivity contribution in [3.05, 3.63) is 70.1 Å². The van der Waals surface area contributed by atoms with Crippen LogP contribution in [0.15, 0.2) is 64.5 Å². The van der Waals surface area contributed by atoms with E-state index in [1.807, 2.05) is 66.9 Å². The van der Waals surface area contributed by atoms with Crippen LogP contribution in [0.5, 0.6) is 5.75 Å². The average molecular weight is 403 g/mol. The van der Waals surface area contributed by atoms with Gasteiger partial charge < -0.3 is 4.74 Å². The molecule has 0 spiro atoms. The highest BCUT2D eigenvalue weighted by atomic mass is 79.9. The second kappa shape index (κ2) is 7.59. The summed E-state index contributed by atoms with van der Waals surface area (Å²) < 4.78 is 6.58. The van der Waals surface area contributed by atoms with Crippen LogP contribution in [0.3, 0.4) is 0 Å². The van der Waals surface area contributed by atoms with Gasteiger partial charge in [-0.05, 0) is 43.3 Å². The van der Waals surface area contributed by atoms with Crippen molar-refractivity contribution in [3.63, 3.8) is 0 Å². The lowest BCUT2D eigenvalue weighted by molar-refractivity contribution is -0.119. The third-order valence-corrected chi connectivity index (χ3v) is 4.71. The van der Waals surface area contributed by atoms with Crippen molar-refractivity contribution < 1.29 is 9.53 Å². The highest BCUT2D eigenvalue weighted by molar-refractivity contribution is 9.10. The third-order valence-electron chi connectivity index (χ3n) is 3.24. The number of amides is 1. The molecule has 2 aromatic carbocycles. The van der Waals surface area contributed by atoms with Gasteiger partial charge in [-0.3, -0.25) is 9.69 Å². The maximum atomic E-state index is 12.8. The van der Waals surface area contributed by atoms with E-state index in [2.05, 4.69) is 20.9 Å². The van der Waals surface area contributed by atoms with E-state index < -0.39 is 0 Å². The van der Waals surface area contributed by atoms with E-state index in [1.165, 1.54) is 11.3 Å². The summed E-state index contributed by atoms with van der Waals surface area (Å²) >= 11 is 4.81. The Balaban J connectivity index is 1.80. The average Bonchev–Trinajstić information content (AvgIpc) is 3.01. The van der Waals surface area contributed by atoms with Crippen LogP contribution in [0.4, 0.5) is 10.8 Å². The normalized spacial score (nSPS) is 10.4. The van der Waals surface area contributed by atoms with Crippen molar-refractivity contribution in [2.45, 2.75) is 6.92 Å². The number of rotatable bonds is 5. The summed E-state index contributed by atoms with van der Waals surface area (Å²) in [5.74, 6) is 0.480. The number of carbonyl (C=O) groups excluding carboxylic acids is 1. The van der Waals surface area contributed by atoms with Crippen LogP contribution in [0.2, 0.25) is 0 Å². The van der Waals surface area contributed by atoms with E-state index in [0.717, 1.165) is 15.9 Å². The lowest BCUT2D eigenvalue weighted by atomic mass is 10.3. The first-order valence-corrected chi connectivity index (χ1v) is 8.99. The van der Waals surface area contributed by atoms with Gasteiger partial charge in [-0.2, -0.15) is 0 Å². The van der Waals surface area contributed by atoms with Gasteiger partial charge in [-0.15, -0.1) is 11.3 Å². The lowest BCUT2D eigenvalue weighted by Gasteiger charge is -2.20. The number of thiazole rings is 1. The van der Waals surface area contributed by atoms with Gasteiger partial charge in [0.2, 0.25) is 0 Å². The van der Waals surface area contributed by atoms with Crippen LogP contribution < -0.4 is 9.64 Å².